The average Bonchev–Trinajstić information content (AvgIpc) is 3.35. The molecule has 2 atom stereocenters. The number of benzene rings is 1. The van der Waals surface area contributed by atoms with Crippen LogP contribution in [0.2, 0.25) is 0 Å². The second-order valence-corrected chi connectivity index (χ2v) is 8.43. The zero-order valence-corrected chi connectivity index (χ0v) is 14.4. The molecular formula is C18H22N2O3S. The van der Waals surface area contributed by atoms with E-state index in [2.05, 4.69) is 12.1 Å². The van der Waals surface area contributed by atoms with Crippen LogP contribution >= 0.6 is 0 Å². The van der Waals surface area contributed by atoms with Crippen LogP contribution in [-0.4, -0.2) is 36.7 Å². The Bertz CT molecular complexity index is 774. The van der Waals surface area contributed by atoms with Gasteiger partial charge in [-0.2, -0.15) is 17.0 Å². The van der Waals surface area contributed by atoms with Crippen molar-refractivity contribution in [1.82, 2.24) is 8.61 Å². The van der Waals surface area contributed by atoms with Crippen molar-refractivity contribution in [3.8, 4) is 0 Å². The normalized spacial score (nSPS) is 26.2. The van der Waals surface area contributed by atoms with Crippen molar-refractivity contribution in [2.24, 2.45) is 0 Å². The maximum Gasteiger partial charge on any atom is 0.282 e. The highest BCUT2D eigenvalue weighted by Crippen LogP contribution is 2.38. The Kier molecular flexibility index (Phi) is 4.20. The van der Waals surface area contributed by atoms with E-state index < -0.39 is 10.2 Å². The van der Waals surface area contributed by atoms with E-state index in [1.54, 1.807) is 14.9 Å². The molecule has 1 aromatic heterocycles. The van der Waals surface area contributed by atoms with Crippen LogP contribution in [0.15, 0.2) is 53.1 Å². The zero-order chi connectivity index (χ0) is 16.6. The molecule has 2 aromatic rings. The zero-order valence-electron chi connectivity index (χ0n) is 13.5. The Morgan fingerprint density at radius 3 is 2.58 bits per heavy atom. The van der Waals surface area contributed by atoms with Gasteiger partial charge in [-0.05, 0) is 42.9 Å². The summed E-state index contributed by atoms with van der Waals surface area (Å²) in [6, 6.07) is 13.7. The molecule has 2 unspecified atom stereocenters. The molecule has 0 saturated carbocycles. The van der Waals surface area contributed by atoms with Crippen LogP contribution < -0.4 is 0 Å². The molecular weight excluding hydrogens is 324 g/mol. The summed E-state index contributed by atoms with van der Waals surface area (Å²) >= 11 is 0. The topological polar surface area (TPSA) is 53.8 Å². The third kappa shape index (κ3) is 2.79. The fourth-order valence-electron chi connectivity index (χ4n) is 3.86. The molecule has 24 heavy (non-hydrogen) atoms. The Morgan fingerprint density at radius 1 is 1.00 bits per heavy atom. The third-order valence-corrected chi connectivity index (χ3v) is 7.13. The molecule has 0 N–H and O–H groups in total. The number of rotatable bonds is 4. The maximum absolute atomic E-state index is 13.1. The highest BCUT2D eigenvalue weighted by Gasteiger charge is 2.42. The van der Waals surface area contributed by atoms with Gasteiger partial charge in [-0.25, -0.2) is 0 Å². The van der Waals surface area contributed by atoms with E-state index in [1.165, 1.54) is 5.56 Å². The molecule has 2 saturated heterocycles. The number of hydrogen-bond acceptors (Lipinski definition) is 3. The molecule has 6 heteroatoms. The van der Waals surface area contributed by atoms with E-state index in [1.807, 2.05) is 30.3 Å². The Hall–Kier alpha value is -1.63. The Morgan fingerprint density at radius 2 is 1.83 bits per heavy atom. The summed E-state index contributed by atoms with van der Waals surface area (Å²) in [5.74, 6) is 1.03. The van der Waals surface area contributed by atoms with E-state index in [-0.39, 0.29) is 12.0 Å². The van der Waals surface area contributed by atoms with E-state index in [0.717, 1.165) is 25.0 Å². The maximum atomic E-state index is 13.1. The Balaban J connectivity index is 1.53. The lowest BCUT2D eigenvalue weighted by Crippen LogP contribution is -2.42. The number of nitrogens with zero attached hydrogens (tertiary/aromatic N) is 2. The smallest absolute Gasteiger partial charge is 0.282 e. The molecule has 0 amide bonds. The standard InChI is InChI=1S/C18H22N2O3S/c21-24(22,20-11-4-8-17(20)18-9-5-13-23-18)19-12-10-16(14-19)15-6-2-1-3-7-15/h1-3,5-7,9,13,16-17H,4,8,10-12,14H2. The molecule has 0 radical (unpaired) electrons. The van der Waals surface area contributed by atoms with Crippen molar-refractivity contribution in [2.75, 3.05) is 19.6 Å². The molecule has 4 rings (SSSR count). The van der Waals surface area contributed by atoms with Crippen LogP contribution in [0.1, 0.15) is 42.5 Å². The first-order valence-corrected chi connectivity index (χ1v) is 9.91. The first-order chi connectivity index (χ1) is 11.7. The van der Waals surface area contributed by atoms with Gasteiger partial charge in [-0.15, -0.1) is 0 Å². The average molecular weight is 346 g/mol. The molecule has 1 aromatic carbocycles. The van der Waals surface area contributed by atoms with Gasteiger partial charge in [0.15, 0.2) is 0 Å². The SMILES string of the molecule is O=S(=O)(N1CCC(c2ccccc2)C1)N1CCCC1c1ccco1. The van der Waals surface area contributed by atoms with Gasteiger partial charge < -0.3 is 4.42 Å². The van der Waals surface area contributed by atoms with Crippen LogP contribution in [-0.2, 0) is 10.2 Å². The summed E-state index contributed by atoms with van der Waals surface area (Å²) in [5.41, 5.74) is 1.22. The third-order valence-electron chi connectivity index (χ3n) is 5.12. The van der Waals surface area contributed by atoms with Gasteiger partial charge in [-0.1, -0.05) is 30.3 Å². The predicted octanol–water partition coefficient (Wildman–Crippen LogP) is 3.15. The first-order valence-electron chi connectivity index (χ1n) is 8.51. The highest BCUT2D eigenvalue weighted by atomic mass is 32.2. The van der Waals surface area contributed by atoms with Crippen molar-refractivity contribution in [3.05, 3.63) is 60.1 Å². The second-order valence-electron chi connectivity index (χ2n) is 6.55. The fourth-order valence-corrected chi connectivity index (χ4v) is 5.76. The molecule has 0 bridgehead atoms. The number of furan rings is 1. The van der Waals surface area contributed by atoms with Crippen LogP contribution in [0.3, 0.4) is 0 Å². The van der Waals surface area contributed by atoms with Gasteiger partial charge in [0.2, 0.25) is 0 Å². The van der Waals surface area contributed by atoms with E-state index in [9.17, 15) is 8.42 Å². The fraction of sp³-hybridized carbons (Fsp3) is 0.444. The molecule has 128 valence electrons. The molecule has 2 aliphatic heterocycles. The number of hydrogen-bond donors (Lipinski definition) is 0. The quantitative estimate of drug-likeness (QED) is 0.854. The summed E-state index contributed by atoms with van der Waals surface area (Å²) in [4.78, 5) is 0. The monoisotopic (exact) mass is 346 g/mol. The Labute approximate surface area is 143 Å². The van der Waals surface area contributed by atoms with Gasteiger partial charge >= 0.3 is 0 Å². The van der Waals surface area contributed by atoms with E-state index in [0.29, 0.717) is 19.6 Å². The molecule has 0 aliphatic carbocycles. The van der Waals surface area contributed by atoms with Crippen LogP contribution in [0.4, 0.5) is 0 Å². The molecule has 5 nitrogen and oxygen atoms in total. The van der Waals surface area contributed by atoms with Crippen LogP contribution in [0.25, 0.3) is 0 Å². The van der Waals surface area contributed by atoms with E-state index in [4.69, 9.17) is 4.42 Å². The largest absolute Gasteiger partial charge is 0.468 e. The lowest BCUT2D eigenvalue weighted by atomic mass is 9.99. The highest BCUT2D eigenvalue weighted by molar-refractivity contribution is 7.86. The van der Waals surface area contributed by atoms with Gasteiger partial charge in [0, 0.05) is 19.6 Å². The lowest BCUT2D eigenvalue weighted by molar-refractivity contribution is 0.312. The lowest BCUT2D eigenvalue weighted by Gasteiger charge is -2.27. The minimum absolute atomic E-state index is 0.166. The molecule has 3 heterocycles. The summed E-state index contributed by atoms with van der Waals surface area (Å²) in [6.45, 7) is 1.72. The van der Waals surface area contributed by atoms with Crippen molar-refractivity contribution >= 4 is 10.2 Å². The van der Waals surface area contributed by atoms with Crippen LogP contribution in [0.5, 0.6) is 0 Å². The predicted molar refractivity (Wildman–Crippen MR) is 91.7 cm³/mol. The summed E-state index contributed by atoms with van der Waals surface area (Å²) < 4.78 is 35.0. The van der Waals surface area contributed by atoms with Gasteiger partial charge in [0.25, 0.3) is 10.2 Å². The molecule has 2 aliphatic rings. The first kappa shape index (κ1) is 15.9. The molecule has 0 spiro atoms. The van der Waals surface area contributed by atoms with Crippen molar-refractivity contribution in [3.63, 3.8) is 0 Å². The summed E-state index contributed by atoms with van der Waals surface area (Å²) in [6.07, 6.45) is 4.19. The van der Waals surface area contributed by atoms with Crippen LogP contribution in [0, 0.1) is 0 Å². The molecule has 2 fully saturated rings. The summed E-state index contributed by atoms with van der Waals surface area (Å²) in [7, 11) is -3.45. The van der Waals surface area contributed by atoms with E-state index >= 15 is 0 Å². The van der Waals surface area contributed by atoms with Gasteiger partial charge in [-0.3, -0.25) is 0 Å². The van der Waals surface area contributed by atoms with Gasteiger partial charge in [0.1, 0.15) is 5.76 Å². The van der Waals surface area contributed by atoms with Crippen molar-refractivity contribution in [2.45, 2.75) is 31.2 Å². The van der Waals surface area contributed by atoms with Gasteiger partial charge in [0.05, 0.1) is 12.3 Å². The van der Waals surface area contributed by atoms with Crippen molar-refractivity contribution in [1.29, 1.82) is 0 Å². The second kappa shape index (κ2) is 6.35. The minimum atomic E-state index is -3.45. The van der Waals surface area contributed by atoms with Crippen molar-refractivity contribution < 1.29 is 12.8 Å². The summed E-state index contributed by atoms with van der Waals surface area (Å²) in [5, 5.41) is 0. The minimum Gasteiger partial charge on any atom is -0.468 e.